The summed E-state index contributed by atoms with van der Waals surface area (Å²) in [6.07, 6.45) is 1.93. The summed E-state index contributed by atoms with van der Waals surface area (Å²) in [5.74, 6) is -0.930. The molecule has 0 aliphatic heterocycles. The zero-order valence-electron chi connectivity index (χ0n) is 13.9. The third kappa shape index (κ3) is 6.50. The van der Waals surface area contributed by atoms with E-state index < -0.39 is 5.97 Å². The molecule has 1 aromatic rings. The van der Waals surface area contributed by atoms with E-state index in [9.17, 15) is 14.4 Å². The molecule has 6 nitrogen and oxygen atoms in total. The number of amides is 2. The molecular weight excluding hydrogens is 296 g/mol. The van der Waals surface area contributed by atoms with Crippen molar-refractivity contribution < 1.29 is 19.1 Å². The maximum Gasteiger partial charge on any atom is 0.338 e. The van der Waals surface area contributed by atoms with Crippen LogP contribution in [0.1, 0.15) is 44.0 Å². The average molecular weight is 320 g/mol. The Morgan fingerprint density at radius 2 is 1.78 bits per heavy atom. The van der Waals surface area contributed by atoms with Crippen LogP contribution < -0.4 is 5.32 Å². The van der Waals surface area contributed by atoms with E-state index in [1.165, 1.54) is 6.92 Å². The van der Waals surface area contributed by atoms with Crippen LogP contribution in [-0.4, -0.2) is 42.4 Å². The van der Waals surface area contributed by atoms with Gasteiger partial charge in [-0.15, -0.1) is 0 Å². The molecule has 126 valence electrons. The van der Waals surface area contributed by atoms with Gasteiger partial charge in [0.25, 0.3) is 5.91 Å². The van der Waals surface area contributed by atoms with Gasteiger partial charge in [-0.25, -0.2) is 4.79 Å². The summed E-state index contributed by atoms with van der Waals surface area (Å²) >= 11 is 0. The molecule has 0 saturated heterocycles. The number of benzene rings is 1. The standard InChI is InChI=1S/C17H24N2O4/c1-4-6-11-19(5-2)16(21)12-23-17(22)14-7-9-15(10-8-14)18-13(3)20/h7-10H,4-6,11-12H2,1-3H3,(H,18,20). The molecule has 1 rings (SSSR count). The second-order valence-electron chi connectivity index (χ2n) is 5.16. The number of ether oxygens (including phenoxy) is 1. The van der Waals surface area contributed by atoms with Gasteiger partial charge in [-0.3, -0.25) is 9.59 Å². The molecule has 2 amide bonds. The van der Waals surface area contributed by atoms with Crippen LogP contribution in [0.4, 0.5) is 5.69 Å². The van der Waals surface area contributed by atoms with E-state index in [4.69, 9.17) is 4.74 Å². The maximum atomic E-state index is 12.0. The minimum Gasteiger partial charge on any atom is -0.452 e. The zero-order valence-corrected chi connectivity index (χ0v) is 13.9. The largest absolute Gasteiger partial charge is 0.452 e. The van der Waals surface area contributed by atoms with E-state index in [0.29, 0.717) is 24.3 Å². The Morgan fingerprint density at radius 1 is 1.13 bits per heavy atom. The van der Waals surface area contributed by atoms with Crippen LogP contribution in [-0.2, 0) is 14.3 Å². The fourth-order valence-corrected chi connectivity index (χ4v) is 2.00. The molecule has 0 bridgehead atoms. The molecule has 0 radical (unpaired) electrons. The van der Waals surface area contributed by atoms with Crippen molar-refractivity contribution in [2.45, 2.75) is 33.6 Å². The topological polar surface area (TPSA) is 75.7 Å². The zero-order chi connectivity index (χ0) is 17.2. The predicted molar refractivity (Wildman–Crippen MR) is 88.2 cm³/mol. The van der Waals surface area contributed by atoms with Crippen molar-refractivity contribution in [1.29, 1.82) is 0 Å². The Bertz CT molecular complexity index is 540. The van der Waals surface area contributed by atoms with Gasteiger partial charge in [0.2, 0.25) is 5.91 Å². The molecule has 0 aliphatic carbocycles. The number of hydrogen-bond acceptors (Lipinski definition) is 4. The van der Waals surface area contributed by atoms with Gasteiger partial charge in [-0.2, -0.15) is 0 Å². The van der Waals surface area contributed by atoms with Gasteiger partial charge in [0.05, 0.1) is 5.56 Å². The van der Waals surface area contributed by atoms with E-state index in [1.807, 2.05) is 6.92 Å². The third-order valence-electron chi connectivity index (χ3n) is 3.28. The number of unbranched alkanes of at least 4 members (excludes halogenated alkanes) is 1. The molecule has 1 N–H and O–H groups in total. The molecule has 0 fully saturated rings. The van der Waals surface area contributed by atoms with Gasteiger partial charge in [0.15, 0.2) is 6.61 Å². The number of nitrogens with one attached hydrogen (secondary N) is 1. The smallest absolute Gasteiger partial charge is 0.338 e. The molecule has 0 heterocycles. The molecule has 0 aliphatic rings. The number of esters is 1. The average Bonchev–Trinajstić information content (AvgIpc) is 2.53. The fraction of sp³-hybridized carbons (Fsp3) is 0.471. The van der Waals surface area contributed by atoms with Gasteiger partial charge in [-0.1, -0.05) is 13.3 Å². The second-order valence-corrected chi connectivity index (χ2v) is 5.16. The van der Waals surface area contributed by atoms with Crippen LogP contribution in [0.2, 0.25) is 0 Å². The first-order valence-electron chi connectivity index (χ1n) is 7.80. The Labute approximate surface area is 136 Å². The van der Waals surface area contributed by atoms with E-state index in [-0.39, 0.29) is 18.4 Å². The highest BCUT2D eigenvalue weighted by Crippen LogP contribution is 2.10. The van der Waals surface area contributed by atoms with E-state index in [0.717, 1.165) is 12.8 Å². The molecular formula is C17H24N2O4. The van der Waals surface area contributed by atoms with Crippen molar-refractivity contribution in [3.8, 4) is 0 Å². The molecule has 0 atom stereocenters. The first-order valence-corrected chi connectivity index (χ1v) is 7.80. The first-order chi connectivity index (χ1) is 11.0. The number of nitrogens with zero attached hydrogens (tertiary/aromatic N) is 1. The van der Waals surface area contributed by atoms with Crippen LogP contribution in [0, 0.1) is 0 Å². The number of likely N-dealkylation sites (N-methyl/N-ethyl adjacent to an activating group) is 1. The van der Waals surface area contributed by atoms with Gasteiger partial charge < -0.3 is 15.0 Å². The van der Waals surface area contributed by atoms with Crippen LogP contribution in [0.15, 0.2) is 24.3 Å². The van der Waals surface area contributed by atoms with Crippen molar-refractivity contribution in [2.75, 3.05) is 25.0 Å². The first kappa shape index (κ1) is 18.7. The highest BCUT2D eigenvalue weighted by molar-refractivity contribution is 5.93. The Hall–Kier alpha value is -2.37. The number of hydrogen-bond donors (Lipinski definition) is 1. The minimum absolute atomic E-state index is 0.183. The summed E-state index contributed by atoms with van der Waals surface area (Å²) in [5, 5.41) is 2.61. The number of anilines is 1. The molecule has 0 saturated carbocycles. The number of carbonyl (C=O) groups excluding carboxylic acids is 3. The van der Waals surface area contributed by atoms with Gasteiger partial charge in [0.1, 0.15) is 0 Å². The Balaban J connectivity index is 2.52. The predicted octanol–water partition coefficient (Wildman–Crippen LogP) is 2.45. The quantitative estimate of drug-likeness (QED) is 0.747. The summed E-state index contributed by atoms with van der Waals surface area (Å²) in [4.78, 5) is 36.5. The minimum atomic E-state index is -0.556. The molecule has 0 unspecified atom stereocenters. The second kappa shape index (κ2) is 9.61. The monoisotopic (exact) mass is 320 g/mol. The van der Waals surface area contributed by atoms with Gasteiger partial charge in [0, 0.05) is 25.7 Å². The molecule has 1 aromatic carbocycles. The lowest BCUT2D eigenvalue weighted by molar-refractivity contribution is -0.134. The highest BCUT2D eigenvalue weighted by atomic mass is 16.5. The van der Waals surface area contributed by atoms with Crippen molar-refractivity contribution in [3.05, 3.63) is 29.8 Å². The van der Waals surface area contributed by atoms with Crippen LogP contribution in [0.5, 0.6) is 0 Å². The lowest BCUT2D eigenvalue weighted by Crippen LogP contribution is -2.35. The van der Waals surface area contributed by atoms with Crippen LogP contribution >= 0.6 is 0 Å². The van der Waals surface area contributed by atoms with Crippen molar-refractivity contribution in [2.24, 2.45) is 0 Å². The Morgan fingerprint density at radius 3 is 2.30 bits per heavy atom. The van der Waals surface area contributed by atoms with Crippen molar-refractivity contribution >= 4 is 23.5 Å². The van der Waals surface area contributed by atoms with Crippen molar-refractivity contribution in [1.82, 2.24) is 4.90 Å². The summed E-state index contributed by atoms with van der Waals surface area (Å²) in [5.41, 5.74) is 0.936. The molecule has 0 spiro atoms. The van der Waals surface area contributed by atoms with E-state index >= 15 is 0 Å². The van der Waals surface area contributed by atoms with E-state index in [1.54, 1.807) is 29.2 Å². The van der Waals surface area contributed by atoms with E-state index in [2.05, 4.69) is 12.2 Å². The summed E-state index contributed by atoms with van der Waals surface area (Å²) in [7, 11) is 0. The summed E-state index contributed by atoms with van der Waals surface area (Å²) in [6, 6.07) is 6.32. The van der Waals surface area contributed by atoms with Crippen LogP contribution in [0.3, 0.4) is 0 Å². The summed E-state index contributed by atoms with van der Waals surface area (Å²) in [6.45, 7) is 6.38. The lowest BCUT2D eigenvalue weighted by Gasteiger charge is -2.20. The Kier molecular flexibility index (Phi) is 7.80. The normalized spacial score (nSPS) is 10.0. The third-order valence-corrected chi connectivity index (χ3v) is 3.28. The molecule has 23 heavy (non-hydrogen) atoms. The molecule has 6 heteroatoms. The fourth-order valence-electron chi connectivity index (χ4n) is 2.00. The lowest BCUT2D eigenvalue weighted by atomic mass is 10.2. The van der Waals surface area contributed by atoms with Gasteiger partial charge >= 0.3 is 5.97 Å². The SMILES string of the molecule is CCCCN(CC)C(=O)COC(=O)c1ccc(NC(C)=O)cc1. The maximum absolute atomic E-state index is 12.0. The number of rotatable bonds is 8. The van der Waals surface area contributed by atoms with Gasteiger partial charge in [-0.05, 0) is 37.6 Å². The number of carbonyl (C=O) groups is 3. The van der Waals surface area contributed by atoms with Crippen LogP contribution in [0.25, 0.3) is 0 Å². The van der Waals surface area contributed by atoms with Crippen molar-refractivity contribution in [3.63, 3.8) is 0 Å². The summed E-state index contributed by atoms with van der Waals surface area (Å²) < 4.78 is 5.06. The molecule has 0 aromatic heterocycles. The highest BCUT2D eigenvalue weighted by Gasteiger charge is 2.14.